The van der Waals surface area contributed by atoms with E-state index < -0.39 is 6.61 Å². The van der Waals surface area contributed by atoms with E-state index in [0.29, 0.717) is 22.7 Å². The second-order valence-electron chi connectivity index (χ2n) is 3.76. The lowest BCUT2D eigenvalue weighted by Crippen LogP contribution is -2.12. The highest BCUT2D eigenvalue weighted by atomic mass is 32.1. The minimum Gasteiger partial charge on any atom is -0.435 e. The molecule has 0 aliphatic heterocycles. The maximum absolute atomic E-state index is 12.1. The van der Waals surface area contributed by atoms with E-state index in [1.807, 2.05) is 6.92 Å². The Kier molecular flexibility index (Phi) is 4.57. The molecule has 2 aromatic rings. The van der Waals surface area contributed by atoms with Crippen molar-refractivity contribution in [1.29, 1.82) is 0 Å². The molecule has 0 unspecified atom stereocenters. The molecule has 0 spiro atoms. The summed E-state index contributed by atoms with van der Waals surface area (Å²) in [5, 5.41) is 6.44. The molecule has 0 aliphatic carbocycles. The maximum Gasteiger partial charge on any atom is 0.387 e. The lowest BCUT2D eigenvalue weighted by atomic mass is 10.2. The fourth-order valence-corrected chi connectivity index (χ4v) is 2.20. The van der Waals surface area contributed by atoms with Gasteiger partial charge < -0.3 is 10.1 Å². The van der Waals surface area contributed by atoms with Crippen LogP contribution in [0.25, 0.3) is 0 Å². The highest BCUT2D eigenvalue weighted by Gasteiger charge is 2.15. The Morgan fingerprint density at radius 2 is 2.30 bits per heavy atom. The number of carbonyl (C=O) groups is 1. The van der Waals surface area contributed by atoms with Crippen molar-refractivity contribution in [2.24, 2.45) is 0 Å². The van der Waals surface area contributed by atoms with Crippen molar-refractivity contribution >= 4 is 23.1 Å². The average molecular weight is 299 g/mol. The van der Waals surface area contributed by atoms with Gasteiger partial charge in [0.2, 0.25) is 0 Å². The number of amides is 1. The summed E-state index contributed by atoms with van der Waals surface area (Å²) < 4.78 is 32.2. The summed E-state index contributed by atoms with van der Waals surface area (Å²) in [6, 6.07) is 5.80. The molecule has 1 heterocycles. The van der Waals surface area contributed by atoms with Gasteiger partial charge in [0.15, 0.2) is 0 Å². The van der Waals surface area contributed by atoms with Crippen LogP contribution in [0.1, 0.15) is 22.3 Å². The van der Waals surface area contributed by atoms with Gasteiger partial charge in [0.25, 0.3) is 5.91 Å². The number of carbonyl (C=O) groups excluding carboxylic acids is 1. The van der Waals surface area contributed by atoms with E-state index in [1.54, 1.807) is 6.07 Å². The summed E-state index contributed by atoms with van der Waals surface area (Å²) in [5.41, 5.74) is 0.969. The normalized spacial score (nSPS) is 10.6. The van der Waals surface area contributed by atoms with E-state index in [1.165, 1.54) is 18.2 Å². The molecule has 0 saturated heterocycles. The summed E-state index contributed by atoms with van der Waals surface area (Å²) in [7, 11) is 0. The van der Waals surface area contributed by atoms with Crippen LogP contribution in [0.4, 0.5) is 14.5 Å². The Bertz CT molecular complexity index is 604. The van der Waals surface area contributed by atoms with E-state index in [0.717, 1.165) is 11.5 Å². The average Bonchev–Trinajstić information content (AvgIpc) is 2.86. The molecule has 0 saturated carbocycles. The van der Waals surface area contributed by atoms with E-state index >= 15 is 0 Å². The highest BCUT2D eigenvalue weighted by Crippen LogP contribution is 2.21. The van der Waals surface area contributed by atoms with Crippen molar-refractivity contribution in [1.82, 2.24) is 9.59 Å². The number of nitrogens with one attached hydrogen (secondary N) is 1. The largest absolute Gasteiger partial charge is 0.435 e. The molecule has 1 aromatic heterocycles. The van der Waals surface area contributed by atoms with E-state index in [2.05, 4.69) is 19.6 Å². The van der Waals surface area contributed by atoms with Gasteiger partial charge in [0.1, 0.15) is 10.6 Å². The standard InChI is InChI=1S/C12H11F2N3O2S/c1-2-9-10(20-17-16-9)11(18)15-7-4-3-5-8(6-7)19-12(13)14/h3-6,12H,2H2,1H3,(H,15,18). The number of hydrogen-bond acceptors (Lipinski definition) is 5. The molecular formula is C12H11F2N3O2S. The molecule has 0 atom stereocenters. The van der Waals surface area contributed by atoms with E-state index in [9.17, 15) is 13.6 Å². The molecule has 8 heteroatoms. The first-order valence-electron chi connectivity index (χ1n) is 5.77. The Morgan fingerprint density at radius 1 is 1.50 bits per heavy atom. The number of benzene rings is 1. The molecule has 0 fully saturated rings. The summed E-state index contributed by atoms with van der Waals surface area (Å²) in [6.07, 6.45) is 0.591. The first-order valence-corrected chi connectivity index (χ1v) is 6.55. The molecule has 0 aliphatic rings. The van der Waals surface area contributed by atoms with E-state index in [-0.39, 0.29) is 11.7 Å². The molecule has 1 N–H and O–H groups in total. The molecule has 0 bridgehead atoms. The highest BCUT2D eigenvalue weighted by molar-refractivity contribution is 7.08. The zero-order valence-corrected chi connectivity index (χ0v) is 11.3. The Labute approximate surface area is 117 Å². The van der Waals surface area contributed by atoms with Crippen molar-refractivity contribution in [2.75, 3.05) is 5.32 Å². The van der Waals surface area contributed by atoms with Gasteiger partial charge in [-0.3, -0.25) is 4.79 Å². The SMILES string of the molecule is CCc1nnsc1C(=O)Nc1cccc(OC(F)F)c1. The number of aromatic nitrogens is 2. The van der Waals surface area contributed by atoms with Crippen molar-refractivity contribution in [3.05, 3.63) is 34.8 Å². The van der Waals surface area contributed by atoms with Crippen LogP contribution in [0, 0.1) is 0 Å². The third-order valence-corrected chi connectivity index (χ3v) is 3.18. The summed E-state index contributed by atoms with van der Waals surface area (Å²) >= 11 is 0.992. The van der Waals surface area contributed by atoms with Gasteiger partial charge in [0.05, 0.1) is 5.69 Å². The molecule has 1 amide bonds. The minimum atomic E-state index is -2.90. The van der Waals surface area contributed by atoms with Crippen molar-refractivity contribution in [2.45, 2.75) is 20.0 Å². The topological polar surface area (TPSA) is 64.1 Å². The lowest BCUT2D eigenvalue weighted by Gasteiger charge is -2.07. The second-order valence-corrected chi connectivity index (χ2v) is 4.52. The number of aryl methyl sites for hydroxylation is 1. The number of rotatable bonds is 5. The second kappa shape index (κ2) is 6.38. The maximum atomic E-state index is 12.1. The number of hydrogen-bond donors (Lipinski definition) is 1. The van der Waals surface area contributed by atoms with Gasteiger partial charge in [-0.1, -0.05) is 17.5 Å². The smallest absolute Gasteiger partial charge is 0.387 e. The Hall–Kier alpha value is -2.09. The number of halogens is 2. The first-order chi connectivity index (χ1) is 9.60. The van der Waals surface area contributed by atoms with Crippen molar-refractivity contribution in [3.8, 4) is 5.75 Å². The van der Waals surface area contributed by atoms with Gasteiger partial charge in [-0.05, 0) is 30.1 Å². The number of alkyl halides is 2. The first kappa shape index (κ1) is 14.3. The van der Waals surface area contributed by atoms with Crippen LogP contribution in [0.3, 0.4) is 0 Å². The van der Waals surface area contributed by atoms with E-state index in [4.69, 9.17) is 0 Å². The quantitative estimate of drug-likeness (QED) is 0.922. The van der Waals surface area contributed by atoms with Crippen LogP contribution in [-0.4, -0.2) is 22.1 Å². The van der Waals surface area contributed by atoms with Crippen LogP contribution < -0.4 is 10.1 Å². The fraction of sp³-hybridized carbons (Fsp3) is 0.250. The molecule has 0 radical (unpaired) electrons. The molecule has 106 valence electrons. The van der Waals surface area contributed by atoms with Crippen LogP contribution in [-0.2, 0) is 6.42 Å². The Morgan fingerprint density at radius 3 is 3.00 bits per heavy atom. The van der Waals surface area contributed by atoms with Crippen LogP contribution >= 0.6 is 11.5 Å². The summed E-state index contributed by atoms with van der Waals surface area (Å²) in [5.74, 6) is -0.387. The third-order valence-electron chi connectivity index (χ3n) is 2.41. The molecular weight excluding hydrogens is 288 g/mol. The van der Waals surface area contributed by atoms with Crippen LogP contribution in [0.5, 0.6) is 5.75 Å². The van der Waals surface area contributed by atoms with Gasteiger partial charge in [-0.2, -0.15) is 8.78 Å². The number of ether oxygens (including phenoxy) is 1. The van der Waals surface area contributed by atoms with Gasteiger partial charge in [0, 0.05) is 11.8 Å². The monoisotopic (exact) mass is 299 g/mol. The molecule has 20 heavy (non-hydrogen) atoms. The van der Waals surface area contributed by atoms with Crippen molar-refractivity contribution < 1.29 is 18.3 Å². The number of nitrogens with zero attached hydrogens (tertiary/aromatic N) is 2. The lowest BCUT2D eigenvalue weighted by molar-refractivity contribution is -0.0497. The van der Waals surface area contributed by atoms with Gasteiger partial charge in [-0.25, -0.2) is 0 Å². The summed E-state index contributed by atoms with van der Waals surface area (Å²) in [6.45, 7) is -1.04. The zero-order chi connectivity index (χ0) is 14.5. The predicted octanol–water partition coefficient (Wildman–Crippen LogP) is 2.95. The fourth-order valence-electron chi connectivity index (χ4n) is 1.55. The van der Waals surface area contributed by atoms with Gasteiger partial charge >= 0.3 is 6.61 Å². The van der Waals surface area contributed by atoms with Gasteiger partial charge in [-0.15, -0.1) is 5.10 Å². The number of anilines is 1. The Balaban J connectivity index is 2.12. The zero-order valence-electron chi connectivity index (χ0n) is 10.5. The molecule has 2 rings (SSSR count). The molecule has 5 nitrogen and oxygen atoms in total. The molecule has 1 aromatic carbocycles. The van der Waals surface area contributed by atoms with Crippen LogP contribution in [0.15, 0.2) is 24.3 Å². The van der Waals surface area contributed by atoms with Crippen LogP contribution in [0.2, 0.25) is 0 Å². The predicted molar refractivity (Wildman–Crippen MR) is 70.3 cm³/mol. The third kappa shape index (κ3) is 3.47. The van der Waals surface area contributed by atoms with Crippen molar-refractivity contribution in [3.63, 3.8) is 0 Å². The minimum absolute atomic E-state index is 0.0176. The summed E-state index contributed by atoms with van der Waals surface area (Å²) in [4.78, 5) is 12.4.